The van der Waals surface area contributed by atoms with Crippen molar-refractivity contribution in [2.75, 3.05) is 0 Å². The van der Waals surface area contributed by atoms with Gasteiger partial charge < -0.3 is 4.42 Å². The Labute approximate surface area is 150 Å². The van der Waals surface area contributed by atoms with Crippen molar-refractivity contribution in [3.8, 4) is 5.95 Å². The van der Waals surface area contributed by atoms with Crippen LogP contribution in [-0.2, 0) is 5.75 Å². The number of aryl methyl sites for hydroxylation is 2. The standard InChI is InChI=1S/C14H14F2N6OS2/c1-8-5-9(2)21(20-8)13-18-19-14(24)22(13)17-6-10-3-4-11(23-10)7-25-12(15)16/h3-6,12H,7H2,1-2H3,(H,19,24)/b17-6-. The third-order valence-corrected chi connectivity index (χ3v) is 4.13. The molecule has 0 fully saturated rings. The minimum absolute atomic E-state index is 0.0909. The number of rotatable bonds is 6. The topological polar surface area (TPSA) is 76.9 Å². The molecule has 25 heavy (non-hydrogen) atoms. The van der Waals surface area contributed by atoms with E-state index < -0.39 is 5.76 Å². The Bertz CT molecular complexity index is 955. The number of furan rings is 1. The molecule has 0 amide bonds. The lowest BCUT2D eigenvalue weighted by atomic mass is 10.4. The number of nitrogens with zero attached hydrogens (tertiary/aromatic N) is 5. The molecule has 11 heteroatoms. The number of thioether (sulfide) groups is 1. The van der Waals surface area contributed by atoms with Gasteiger partial charge in [0.1, 0.15) is 11.5 Å². The Hall–Kier alpha value is -2.27. The number of nitrogens with one attached hydrogen (secondary N) is 1. The van der Waals surface area contributed by atoms with Gasteiger partial charge in [0.25, 0.3) is 11.7 Å². The lowest BCUT2D eigenvalue weighted by Gasteiger charge is -2.02. The zero-order valence-electron chi connectivity index (χ0n) is 13.3. The second-order valence-corrected chi connectivity index (χ2v) is 6.46. The van der Waals surface area contributed by atoms with Crippen molar-refractivity contribution in [3.05, 3.63) is 45.9 Å². The molecular formula is C14H14F2N6OS2. The molecule has 132 valence electrons. The molecule has 0 bridgehead atoms. The van der Waals surface area contributed by atoms with E-state index in [1.54, 1.807) is 16.8 Å². The molecule has 0 aliphatic carbocycles. The number of aromatic amines is 1. The minimum atomic E-state index is -2.44. The van der Waals surface area contributed by atoms with Crippen molar-refractivity contribution in [3.63, 3.8) is 0 Å². The second-order valence-electron chi connectivity index (χ2n) is 5.10. The van der Waals surface area contributed by atoms with Crippen molar-refractivity contribution in [1.29, 1.82) is 0 Å². The van der Waals surface area contributed by atoms with Gasteiger partial charge in [-0.15, -0.1) is 5.10 Å². The summed E-state index contributed by atoms with van der Waals surface area (Å²) in [6, 6.07) is 5.19. The van der Waals surface area contributed by atoms with E-state index in [1.165, 1.54) is 10.9 Å². The summed E-state index contributed by atoms with van der Waals surface area (Å²) in [7, 11) is 0. The molecule has 3 rings (SSSR count). The highest BCUT2D eigenvalue weighted by atomic mass is 32.2. The van der Waals surface area contributed by atoms with E-state index in [0.717, 1.165) is 11.4 Å². The summed E-state index contributed by atoms with van der Waals surface area (Å²) in [6.07, 6.45) is 1.44. The van der Waals surface area contributed by atoms with Gasteiger partial charge in [-0.1, -0.05) is 11.8 Å². The summed E-state index contributed by atoms with van der Waals surface area (Å²) in [5.41, 5.74) is 1.72. The summed E-state index contributed by atoms with van der Waals surface area (Å²) >= 11 is 5.69. The summed E-state index contributed by atoms with van der Waals surface area (Å²) in [5.74, 6) is -1.07. The van der Waals surface area contributed by atoms with Gasteiger partial charge in [0.05, 0.1) is 17.7 Å². The zero-order valence-corrected chi connectivity index (χ0v) is 14.9. The number of alkyl halides is 2. The predicted molar refractivity (Wildman–Crippen MR) is 93.0 cm³/mol. The molecule has 0 atom stereocenters. The summed E-state index contributed by atoms with van der Waals surface area (Å²) in [5, 5.41) is 15.4. The number of hydrogen-bond donors (Lipinski definition) is 1. The zero-order chi connectivity index (χ0) is 18.0. The average molecular weight is 384 g/mol. The van der Waals surface area contributed by atoms with Crippen LogP contribution in [0.25, 0.3) is 5.95 Å². The molecule has 1 N–H and O–H groups in total. The molecule has 0 saturated heterocycles. The number of aromatic nitrogens is 5. The normalized spacial score (nSPS) is 11.9. The monoisotopic (exact) mass is 384 g/mol. The number of hydrogen-bond acceptors (Lipinski definition) is 6. The minimum Gasteiger partial charge on any atom is -0.459 e. The molecule has 0 aliphatic heterocycles. The average Bonchev–Trinajstić information content (AvgIpc) is 3.23. The maximum atomic E-state index is 12.2. The van der Waals surface area contributed by atoms with Crippen molar-refractivity contribution < 1.29 is 13.2 Å². The Morgan fingerprint density at radius 3 is 2.92 bits per heavy atom. The van der Waals surface area contributed by atoms with Crippen molar-refractivity contribution in [2.45, 2.75) is 25.4 Å². The third-order valence-electron chi connectivity index (χ3n) is 3.17. The summed E-state index contributed by atoms with van der Waals surface area (Å²) in [4.78, 5) is 0. The molecule has 0 radical (unpaired) electrons. The van der Waals surface area contributed by atoms with Crippen LogP contribution in [0.2, 0.25) is 0 Å². The molecule has 0 spiro atoms. The summed E-state index contributed by atoms with van der Waals surface area (Å²) in [6.45, 7) is 3.77. The van der Waals surface area contributed by atoms with Gasteiger partial charge in [0.2, 0.25) is 4.77 Å². The van der Waals surface area contributed by atoms with E-state index in [-0.39, 0.29) is 5.75 Å². The molecule has 0 saturated carbocycles. The van der Waals surface area contributed by atoms with E-state index in [1.807, 2.05) is 19.9 Å². The smallest absolute Gasteiger partial charge is 0.284 e. The van der Waals surface area contributed by atoms with Gasteiger partial charge in [-0.05, 0) is 44.3 Å². The first-order valence-electron chi connectivity index (χ1n) is 7.18. The molecule has 0 unspecified atom stereocenters. The fourth-order valence-electron chi connectivity index (χ4n) is 2.16. The van der Waals surface area contributed by atoms with Crippen LogP contribution >= 0.6 is 24.0 Å². The fourth-order valence-corrected chi connectivity index (χ4v) is 2.78. The molecule has 0 aliphatic rings. The van der Waals surface area contributed by atoms with Crippen LogP contribution < -0.4 is 0 Å². The Kier molecular flexibility index (Phi) is 5.13. The van der Waals surface area contributed by atoms with Crippen LogP contribution in [0, 0.1) is 18.6 Å². The van der Waals surface area contributed by atoms with Gasteiger partial charge in [-0.2, -0.15) is 23.7 Å². The van der Waals surface area contributed by atoms with Crippen LogP contribution in [0.15, 0.2) is 27.7 Å². The van der Waals surface area contributed by atoms with Gasteiger partial charge in [-0.25, -0.2) is 9.78 Å². The molecule has 3 aromatic heterocycles. The largest absolute Gasteiger partial charge is 0.459 e. The molecule has 0 aromatic carbocycles. The van der Waals surface area contributed by atoms with Gasteiger partial charge >= 0.3 is 0 Å². The first-order valence-corrected chi connectivity index (χ1v) is 8.63. The van der Waals surface area contributed by atoms with Crippen LogP contribution in [0.5, 0.6) is 0 Å². The van der Waals surface area contributed by atoms with Crippen LogP contribution in [-0.4, -0.2) is 36.6 Å². The van der Waals surface area contributed by atoms with Gasteiger partial charge in [0, 0.05) is 5.69 Å². The van der Waals surface area contributed by atoms with E-state index in [2.05, 4.69) is 20.4 Å². The lowest BCUT2D eigenvalue weighted by molar-refractivity contribution is 0.251. The Morgan fingerprint density at radius 1 is 1.44 bits per heavy atom. The lowest BCUT2D eigenvalue weighted by Crippen LogP contribution is -2.07. The summed E-state index contributed by atoms with van der Waals surface area (Å²) < 4.78 is 33.2. The Morgan fingerprint density at radius 2 is 2.24 bits per heavy atom. The van der Waals surface area contributed by atoms with Crippen LogP contribution in [0.4, 0.5) is 8.78 Å². The van der Waals surface area contributed by atoms with E-state index in [9.17, 15) is 8.78 Å². The Balaban J connectivity index is 1.84. The van der Waals surface area contributed by atoms with E-state index in [4.69, 9.17) is 16.6 Å². The third kappa shape index (κ3) is 4.04. The quantitative estimate of drug-likeness (QED) is 0.518. The van der Waals surface area contributed by atoms with Gasteiger partial charge in [0.15, 0.2) is 0 Å². The number of H-pyrrole nitrogens is 1. The van der Waals surface area contributed by atoms with E-state index in [0.29, 0.717) is 34.0 Å². The highest BCUT2D eigenvalue weighted by Crippen LogP contribution is 2.20. The first-order chi connectivity index (χ1) is 11.9. The maximum Gasteiger partial charge on any atom is 0.284 e. The van der Waals surface area contributed by atoms with Crippen molar-refractivity contribution >= 4 is 30.2 Å². The highest BCUT2D eigenvalue weighted by Gasteiger charge is 2.12. The maximum absolute atomic E-state index is 12.2. The van der Waals surface area contributed by atoms with Crippen molar-refractivity contribution in [2.24, 2.45) is 5.10 Å². The number of halogens is 2. The van der Waals surface area contributed by atoms with Crippen molar-refractivity contribution in [1.82, 2.24) is 24.7 Å². The highest BCUT2D eigenvalue weighted by molar-refractivity contribution is 7.98. The fraction of sp³-hybridized carbons (Fsp3) is 0.286. The molecule has 7 nitrogen and oxygen atoms in total. The van der Waals surface area contributed by atoms with Crippen LogP contribution in [0.1, 0.15) is 22.9 Å². The first kappa shape index (κ1) is 17.5. The SMILES string of the molecule is Cc1cc(C)n(-c2n[nH]c(=S)n2/N=C\c2ccc(CSC(F)F)o2)n1. The van der Waals surface area contributed by atoms with Gasteiger partial charge in [-0.3, -0.25) is 0 Å². The predicted octanol–water partition coefficient (Wildman–Crippen LogP) is 3.67. The van der Waals surface area contributed by atoms with Crippen LogP contribution in [0.3, 0.4) is 0 Å². The molecule has 3 heterocycles. The van der Waals surface area contributed by atoms with E-state index >= 15 is 0 Å². The second kappa shape index (κ2) is 7.31. The molecule has 3 aromatic rings. The molecular weight excluding hydrogens is 370 g/mol.